The van der Waals surface area contributed by atoms with Crippen LogP contribution in [0, 0.1) is 0 Å². The van der Waals surface area contributed by atoms with Crippen LogP contribution >= 0.6 is 11.6 Å². The van der Waals surface area contributed by atoms with Crippen LogP contribution in [0.5, 0.6) is 0 Å². The summed E-state index contributed by atoms with van der Waals surface area (Å²) >= 11 is 6.26. The van der Waals surface area contributed by atoms with Crippen LogP contribution in [0.3, 0.4) is 0 Å². The average Bonchev–Trinajstić information content (AvgIpc) is 3.20. The molecular formula is C20H19ClN4O2. The second kappa shape index (κ2) is 9.00. The Hall–Kier alpha value is -3.12. The predicted octanol–water partition coefficient (Wildman–Crippen LogP) is 3.67. The van der Waals surface area contributed by atoms with Gasteiger partial charge in [0.05, 0.1) is 10.7 Å². The summed E-state index contributed by atoms with van der Waals surface area (Å²) in [6.07, 6.45) is 4.21. The van der Waals surface area contributed by atoms with Gasteiger partial charge in [0.15, 0.2) is 0 Å². The van der Waals surface area contributed by atoms with Crippen LogP contribution in [0.25, 0.3) is 5.69 Å². The highest BCUT2D eigenvalue weighted by Gasteiger charge is 2.12. The zero-order valence-corrected chi connectivity index (χ0v) is 15.3. The number of benzene rings is 2. The third-order valence-electron chi connectivity index (χ3n) is 3.90. The van der Waals surface area contributed by atoms with Crippen molar-refractivity contribution in [2.24, 2.45) is 0 Å². The fourth-order valence-corrected chi connectivity index (χ4v) is 2.87. The average molecular weight is 383 g/mol. The summed E-state index contributed by atoms with van der Waals surface area (Å²) in [6, 6.07) is 16.0. The highest BCUT2D eigenvalue weighted by Crippen LogP contribution is 2.28. The molecule has 3 rings (SSSR count). The molecule has 0 spiro atoms. The second-order valence-electron chi connectivity index (χ2n) is 5.86. The molecule has 0 aliphatic rings. The number of nitrogens with one attached hydrogen (secondary N) is 2. The smallest absolute Gasteiger partial charge is 0.251 e. The zero-order valence-electron chi connectivity index (χ0n) is 14.6. The van der Waals surface area contributed by atoms with Crippen molar-refractivity contribution >= 4 is 29.1 Å². The summed E-state index contributed by atoms with van der Waals surface area (Å²) in [5.41, 5.74) is 1.81. The number of aromatic nitrogens is 2. The first kappa shape index (κ1) is 18.7. The van der Waals surface area contributed by atoms with Crippen molar-refractivity contribution < 1.29 is 9.59 Å². The Morgan fingerprint density at radius 1 is 1.04 bits per heavy atom. The zero-order chi connectivity index (χ0) is 19.1. The maximum absolute atomic E-state index is 12.3. The van der Waals surface area contributed by atoms with Crippen molar-refractivity contribution in [1.82, 2.24) is 15.1 Å². The summed E-state index contributed by atoms with van der Waals surface area (Å²) in [5, 5.41) is 10.3. The highest BCUT2D eigenvalue weighted by atomic mass is 35.5. The van der Waals surface area contributed by atoms with E-state index in [1.807, 2.05) is 18.2 Å². The number of carbonyl (C=O) groups excluding carboxylic acids is 2. The first-order valence-electron chi connectivity index (χ1n) is 8.57. The van der Waals surface area contributed by atoms with Crippen molar-refractivity contribution in [2.45, 2.75) is 12.8 Å². The van der Waals surface area contributed by atoms with Crippen molar-refractivity contribution in [3.63, 3.8) is 0 Å². The summed E-state index contributed by atoms with van der Waals surface area (Å²) in [4.78, 5) is 24.2. The molecule has 1 aromatic heterocycles. The lowest BCUT2D eigenvalue weighted by molar-refractivity contribution is -0.116. The van der Waals surface area contributed by atoms with E-state index in [9.17, 15) is 9.59 Å². The van der Waals surface area contributed by atoms with Crippen molar-refractivity contribution in [2.75, 3.05) is 11.9 Å². The third-order valence-corrected chi connectivity index (χ3v) is 4.20. The maximum atomic E-state index is 12.3. The molecule has 0 aliphatic heterocycles. The van der Waals surface area contributed by atoms with Gasteiger partial charge >= 0.3 is 0 Å². The number of carbonyl (C=O) groups is 2. The van der Waals surface area contributed by atoms with E-state index in [0.29, 0.717) is 34.9 Å². The van der Waals surface area contributed by atoms with Gasteiger partial charge in [0, 0.05) is 30.9 Å². The topological polar surface area (TPSA) is 76.0 Å². The highest BCUT2D eigenvalue weighted by molar-refractivity contribution is 6.33. The first-order chi connectivity index (χ1) is 13.1. The number of rotatable bonds is 7. The van der Waals surface area contributed by atoms with Gasteiger partial charge in [-0.3, -0.25) is 9.59 Å². The number of amides is 2. The monoisotopic (exact) mass is 382 g/mol. The molecule has 1 heterocycles. The lowest BCUT2D eigenvalue weighted by Crippen LogP contribution is -2.25. The number of anilines is 1. The van der Waals surface area contributed by atoms with Crippen LogP contribution < -0.4 is 10.6 Å². The normalized spacial score (nSPS) is 10.4. The number of hydrogen-bond acceptors (Lipinski definition) is 3. The van der Waals surface area contributed by atoms with Gasteiger partial charge < -0.3 is 10.6 Å². The molecule has 0 saturated carbocycles. The molecule has 7 heteroatoms. The van der Waals surface area contributed by atoms with Crippen molar-refractivity contribution in [1.29, 1.82) is 0 Å². The Morgan fingerprint density at radius 2 is 1.85 bits per heavy atom. The van der Waals surface area contributed by atoms with E-state index in [4.69, 9.17) is 11.6 Å². The van der Waals surface area contributed by atoms with Gasteiger partial charge in [0.2, 0.25) is 5.91 Å². The predicted molar refractivity (Wildman–Crippen MR) is 105 cm³/mol. The van der Waals surface area contributed by atoms with E-state index in [0.717, 1.165) is 0 Å². The maximum Gasteiger partial charge on any atom is 0.251 e. The van der Waals surface area contributed by atoms with Gasteiger partial charge in [-0.1, -0.05) is 35.9 Å². The molecule has 0 saturated heterocycles. The fourth-order valence-electron chi connectivity index (χ4n) is 2.61. The van der Waals surface area contributed by atoms with Gasteiger partial charge in [-0.15, -0.1) is 0 Å². The number of nitrogens with zero attached hydrogens (tertiary/aromatic N) is 2. The molecule has 0 fully saturated rings. The van der Waals surface area contributed by atoms with E-state index in [-0.39, 0.29) is 18.2 Å². The van der Waals surface area contributed by atoms with Crippen LogP contribution in [-0.4, -0.2) is 28.1 Å². The molecule has 27 heavy (non-hydrogen) atoms. The van der Waals surface area contributed by atoms with E-state index < -0.39 is 0 Å². The summed E-state index contributed by atoms with van der Waals surface area (Å²) < 4.78 is 1.61. The molecule has 2 amide bonds. The molecule has 0 radical (unpaired) electrons. The van der Waals surface area contributed by atoms with Gasteiger partial charge in [-0.05, 0) is 36.8 Å². The van der Waals surface area contributed by atoms with Crippen molar-refractivity contribution in [3.8, 4) is 5.69 Å². The number of halogens is 1. The van der Waals surface area contributed by atoms with E-state index in [1.165, 1.54) is 0 Å². The Balaban J connectivity index is 1.52. The van der Waals surface area contributed by atoms with Crippen LogP contribution in [0.1, 0.15) is 23.2 Å². The Labute approximate surface area is 162 Å². The van der Waals surface area contributed by atoms with E-state index in [2.05, 4.69) is 15.7 Å². The second-order valence-corrected chi connectivity index (χ2v) is 6.27. The lowest BCUT2D eigenvalue weighted by atomic mass is 10.2. The summed E-state index contributed by atoms with van der Waals surface area (Å²) in [6.45, 7) is 0.419. The molecule has 0 bridgehead atoms. The molecule has 0 atom stereocenters. The van der Waals surface area contributed by atoms with Gasteiger partial charge in [-0.2, -0.15) is 5.10 Å². The van der Waals surface area contributed by atoms with E-state index >= 15 is 0 Å². The van der Waals surface area contributed by atoms with Crippen LogP contribution in [0.2, 0.25) is 5.02 Å². The van der Waals surface area contributed by atoms with Crippen LogP contribution in [0.15, 0.2) is 67.0 Å². The minimum Gasteiger partial charge on any atom is -0.352 e. The standard InChI is InChI=1S/C20H19ClN4O2/c21-16-9-4-10-17(19(16)25-14-6-13-23-25)24-18(26)11-5-12-22-20(27)15-7-2-1-3-8-15/h1-4,6-10,13-14H,5,11-12H2,(H,22,27)(H,24,26). The minimum atomic E-state index is -0.153. The summed E-state index contributed by atoms with van der Waals surface area (Å²) in [7, 11) is 0. The molecule has 6 nitrogen and oxygen atoms in total. The molecule has 3 aromatic rings. The molecule has 0 unspecified atom stereocenters. The molecular weight excluding hydrogens is 364 g/mol. The molecule has 0 aliphatic carbocycles. The van der Waals surface area contributed by atoms with Gasteiger partial charge in [0.1, 0.15) is 5.69 Å². The van der Waals surface area contributed by atoms with Crippen molar-refractivity contribution in [3.05, 3.63) is 77.6 Å². The quantitative estimate of drug-likeness (QED) is 0.612. The number of hydrogen-bond donors (Lipinski definition) is 2. The molecule has 2 aromatic carbocycles. The fraction of sp³-hybridized carbons (Fsp3) is 0.150. The molecule has 138 valence electrons. The number of para-hydroxylation sites is 1. The van der Waals surface area contributed by atoms with Gasteiger partial charge in [-0.25, -0.2) is 4.68 Å². The van der Waals surface area contributed by atoms with Crippen LogP contribution in [-0.2, 0) is 4.79 Å². The summed E-state index contributed by atoms with van der Waals surface area (Å²) in [5.74, 6) is -0.300. The van der Waals surface area contributed by atoms with Crippen LogP contribution in [0.4, 0.5) is 5.69 Å². The van der Waals surface area contributed by atoms with E-state index in [1.54, 1.807) is 53.5 Å². The Bertz CT molecular complexity index is 911. The first-order valence-corrected chi connectivity index (χ1v) is 8.94. The third kappa shape index (κ3) is 4.95. The SMILES string of the molecule is O=C(CCCNC(=O)c1ccccc1)Nc1cccc(Cl)c1-n1cccn1. The Kier molecular flexibility index (Phi) is 6.22. The molecule has 2 N–H and O–H groups in total. The lowest BCUT2D eigenvalue weighted by Gasteiger charge is -2.13. The minimum absolute atomic E-state index is 0.146. The van der Waals surface area contributed by atoms with Gasteiger partial charge in [0.25, 0.3) is 5.91 Å². The Morgan fingerprint density at radius 3 is 2.59 bits per heavy atom. The largest absolute Gasteiger partial charge is 0.352 e.